The van der Waals surface area contributed by atoms with E-state index in [1.54, 1.807) is 6.07 Å². The third-order valence-corrected chi connectivity index (χ3v) is 2.25. The summed E-state index contributed by atoms with van der Waals surface area (Å²) in [6.07, 6.45) is 3.92. The Bertz CT molecular complexity index is 255. The zero-order valence-electron chi connectivity index (χ0n) is 6.92. The van der Waals surface area contributed by atoms with Crippen LogP contribution < -0.4 is 11.1 Å². The average molecular weight is 167 g/mol. The van der Waals surface area contributed by atoms with Crippen LogP contribution in [0.2, 0.25) is 0 Å². The van der Waals surface area contributed by atoms with E-state index in [-0.39, 0.29) is 0 Å². The minimum atomic E-state index is 0.389. The summed E-state index contributed by atoms with van der Waals surface area (Å²) >= 11 is 0. The second-order valence-electron chi connectivity index (χ2n) is 3.23. The van der Waals surface area contributed by atoms with Crippen molar-refractivity contribution in [3.63, 3.8) is 0 Å². The van der Waals surface area contributed by atoms with Gasteiger partial charge in [0.05, 0.1) is 5.69 Å². The fourth-order valence-electron chi connectivity index (χ4n) is 1.27. The third kappa shape index (κ3) is 1.58. The third-order valence-electron chi connectivity index (χ3n) is 2.25. The number of nitrogens with zero attached hydrogens (tertiary/aromatic N) is 1. The molecule has 0 bridgehead atoms. The van der Waals surface area contributed by atoms with Crippen LogP contribution in [0.1, 0.15) is 25.0 Å². The van der Waals surface area contributed by atoms with Crippen LogP contribution in [0.4, 0.5) is 5.88 Å². The Morgan fingerprint density at radius 1 is 1.67 bits per heavy atom. The molecule has 0 unspecified atom stereocenters. The molecule has 3 N–H and O–H groups in total. The predicted octanol–water partition coefficient (Wildman–Crippen LogP) is 0.899. The number of hydrogen-bond donors (Lipinski definition) is 2. The molecule has 1 heterocycles. The molecule has 1 aromatic rings. The van der Waals surface area contributed by atoms with Crippen LogP contribution in [-0.4, -0.2) is 11.2 Å². The van der Waals surface area contributed by atoms with Crippen molar-refractivity contribution in [3.8, 4) is 0 Å². The first-order chi connectivity index (χ1) is 5.84. The van der Waals surface area contributed by atoms with E-state index in [1.807, 2.05) is 0 Å². The molecule has 0 spiro atoms. The fraction of sp³-hybridized carbons (Fsp3) is 0.625. The molecule has 1 aromatic heterocycles. The van der Waals surface area contributed by atoms with Crippen molar-refractivity contribution in [3.05, 3.63) is 11.8 Å². The normalized spacial score (nSPS) is 17.7. The number of hydrogen-bond acceptors (Lipinski definition) is 4. The van der Waals surface area contributed by atoms with E-state index in [0.29, 0.717) is 11.9 Å². The summed E-state index contributed by atoms with van der Waals surface area (Å²) in [5, 5.41) is 7.15. The molecule has 0 atom stereocenters. The van der Waals surface area contributed by atoms with Crippen LogP contribution >= 0.6 is 0 Å². The van der Waals surface area contributed by atoms with Gasteiger partial charge in [0.25, 0.3) is 0 Å². The van der Waals surface area contributed by atoms with Gasteiger partial charge in [0.2, 0.25) is 5.88 Å². The van der Waals surface area contributed by atoms with Gasteiger partial charge in [-0.15, -0.1) is 0 Å². The van der Waals surface area contributed by atoms with Crippen molar-refractivity contribution in [2.24, 2.45) is 0 Å². The topological polar surface area (TPSA) is 64.1 Å². The van der Waals surface area contributed by atoms with E-state index in [9.17, 15) is 0 Å². The van der Waals surface area contributed by atoms with E-state index in [4.69, 9.17) is 10.3 Å². The molecule has 4 heteroatoms. The largest absolute Gasteiger partial charge is 0.368 e. The molecule has 2 rings (SSSR count). The van der Waals surface area contributed by atoms with Crippen LogP contribution in [-0.2, 0) is 6.54 Å². The molecular weight excluding hydrogens is 154 g/mol. The summed E-state index contributed by atoms with van der Waals surface area (Å²) in [6, 6.07) is 2.44. The predicted molar refractivity (Wildman–Crippen MR) is 45.4 cm³/mol. The van der Waals surface area contributed by atoms with Gasteiger partial charge in [-0.1, -0.05) is 11.6 Å². The van der Waals surface area contributed by atoms with Gasteiger partial charge in [-0.3, -0.25) is 0 Å². The quantitative estimate of drug-likeness (QED) is 0.702. The second-order valence-corrected chi connectivity index (χ2v) is 3.23. The van der Waals surface area contributed by atoms with E-state index in [1.165, 1.54) is 19.3 Å². The lowest BCUT2D eigenvalue weighted by Gasteiger charge is -2.25. The summed E-state index contributed by atoms with van der Waals surface area (Å²) in [6.45, 7) is 0.769. The van der Waals surface area contributed by atoms with Crippen molar-refractivity contribution in [2.75, 3.05) is 5.73 Å². The highest BCUT2D eigenvalue weighted by Crippen LogP contribution is 2.18. The Labute approximate surface area is 71.1 Å². The van der Waals surface area contributed by atoms with Crippen molar-refractivity contribution >= 4 is 5.88 Å². The maximum Gasteiger partial charge on any atom is 0.222 e. The van der Waals surface area contributed by atoms with Crippen LogP contribution in [0.5, 0.6) is 0 Å². The Morgan fingerprint density at radius 2 is 2.50 bits per heavy atom. The molecule has 66 valence electrons. The zero-order valence-corrected chi connectivity index (χ0v) is 6.92. The molecular formula is C8H13N3O. The van der Waals surface area contributed by atoms with E-state index >= 15 is 0 Å². The zero-order chi connectivity index (χ0) is 8.39. The first kappa shape index (κ1) is 7.61. The first-order valence-corrected chi connectivity index (χ1v) is 4.29. The van der Waals surface area contributed by atoms with Gasteiger partial charge in [0.15, 0.2) is 0 Å². The van der Waals surface area contributed by atoms with Gasteiger partial charge in [0.1, 0.15) is 0 Å². The van der Waals surface area contributed by atoms with Crippen LogP contribution in [0.25, 0.3) is 0 Å². The molecule has 0 aliphatic heterocycles. The van der Waals surface area contributed by atoms with Crippen molar-refractivity contribution < 1.29 is 4.52 Å². The van der Waals surface area contributed by atoms with Crippen LogP contribution in [0.15, 0.2) is 10.6 Å². The maximum absolute atomic E-state index is 5.37. The molecule has 1 fully saturated rings. The Balaban J connectivity index is 1.79. The number of aromatic nitrogens is 1. The Morgan fingerprint density at radius 3 is 3.00 bits per heavy atom. The fourth-order valence-corrected chi connectivity index (χ4v) is 1.27. The Kier molecular flexibility index (Phi) is 1.99. The summed E-state index contributed by atoms with van der Waals surface area (Å²) in [4.78, 5) is 0. The van der Waals surface area contributed by atoms with Crippen LogP contribution in [0, 0.1) is 0 Å². The summed E-state index contributed by atoms with van der Waals surface area (Å²) in [5.41, 5.74) is 6.26. The van der Waals surface area contributed by atoms with Crippen molar-refractivity contribution in [1.29, 1.82) is 0 Å². The molecule has 1 aliphatic rings. The van der Waals surface area contributed by atoms with Gasteiger partial charge >= 0.3 is 0 Å². The minimum absolute atomic E-state index is 0.389. The molecule has 0 amide bonds. The lowest BCUT2D eigenvalue weighted by atomic mass is 9.93. The van der Waals surface area contributed by atoms with E-state index in [2.05, 4.69) is 10.5 Å². The van der Waals surface area contributed by atoms with Gasteiger partial charge in [-0.25, -0.2) is 0 Å². The van der Waals surface area contributed by atoms with Crippen molar-refractivity contribution in [2.45, 2.75) is 31.8 Å². The standard InChI is InChI=1S/C8H13N3O/c9-8-4-7(11-12-8)5-10-6-2-1-3-6/h4,6,10H,1-3,5,9H2. The number of nitrogen functional groups attached to an aromatic ring is 1. The van der Waals surface area contributed by atoms with E-state index in [0.717, 1.165) is 12.2 Å². The first-order valence-electron chi connectivity index (χ1n) is 4.29. The van der Waals surface area contributed by atoms with E-state index < -0.39 is 0 Å². The van der Waals surface area contributed by atoms with Gasteiger partial charge < -0.3 is 15.6 Å². The minimum Gasteiger partial charge on any atom is -0.368 e. The lowest BCUT2D eigenvalue weighted by Crippen LogP contribution is -2.34. The van der Waals surface area contributed by atoms with Gasteiger partial charge in [-0.05, 0) is 12.8 Å². The number of nitrogens with two attached hydrogens (primary N) is 1. The SMILES string of the molecule is Nc1cc(CNC2CCC2)no1. The smallest absolute Gasteiger partial charge is 0.222 e. The highest BCUT2D eigenvalue weighted by Gasteiger charge is 2.16. The molecule has 12 heavy (non-hydrogen) atoms. The molecule has 4 nitrogen and oxygen atoms in total. The monoisotopic (exact) mass is 167 g/mol. The summed E-state index contributed by atoms with van der Waals surface area (Å²) in [5.74, 6) is 0.389. The average Bonchev–Trinajstić information content (AvgIpc) is 2.32. The second kappa shape index (κ2) is 3.15. The van der Waals surface area contributed by atoms with Gasteiger partial charge in [0, 0.05) is 18.7 Å². The lowest BCUT2D eigenvalue weighted by molar-refractivity contribution is 0.332. The Hall–Kier alpha value is -1.03. The molecule has 0 aromatic carbocycles. The molecule has 1 aliphatic carbocycles. The molecule has 0 saturated heterocycles. The summed E-state index contributed by atoms with van der Waals surface area (Å²) in [7, 11) is 0. The molecule has 1 saturated carbocycles. The number of rotatable bonds is 3. The van der Waals surface area contributed by atoms with Gasteiger partial charge in [-0.2, -0.15) is 0 Å². The highest BCUT2D eigenvalue weighted by atomic mass is 16.5. The highest BCUT2D eigenvalue weighted by molar-refractivity contribution is 5.24. The van der Waals surface area contributed by atoms with Crippen LogP contribution in [0.3, 0.4) is 0 Å². The number of nitrogens with one attached hydrogen (secondary N) is 1. The molecule has 0 radical (unpaired) electrons. The number of anilines is 1. The van der Waals surface area contributed by atoms with Crippen molar-refractivity contribution in [1.82, 2.24) is 10.5 Å². The maximum atomic E-state index is 5.37. The summed E-state index contributed by atoms with van der Waals surface area (Å²) < 4.78 is 4.74.